The van der Waals surface area contributed by atoms with Crippen LogP contribution in [0.2, 0.25) is 0 Å². The van der Waals surface area contributed by atoms with Crippen LogP contribution in [0.25, 0.3) is 22.3 Å². The van der Waals surface area contributed by atoms with E-state index in [-0.39, 0.29) is 11.7 Å². The molecule has 2 aromatic heterocycles. The predicted molar refractivity (Wildman–Crippen MR) is 152 cm³/mol. The van der Waals surface area contributed by atoms with Crippen molar-refractivity contribution in [2.45, 2.75) is 31.8 Å². The molecule has 41 heavy (non-hydrogen) atoms. The van der Waals surface area contributed by atoms with Crippen LogP contribution in [-0.2, 0) is 14.1 Å². The number of ether oxygens (including phenoxy) is 3. The molecule has 2 aromatic carbocycles. The number of hydrogen-bond donors (Lipinski definition) is 0. The normalized spacial score (nSPS) is 15.9. The van der Waals surface area contributed by atoms with E-state index >= 15 is 0 Å². The maximum absolute atomic E-state index is 13.7. The van der Waals surface area contributed by atoms with E-state index in [4.69, 9.17) is 14.2 Å². The maximum Gasteiger partial charge on any atom is 0.254 e. The lowest BCUT2D eigenvalue weighted by molar-refractivity contribution is -0.00571. The largest absolute Gasteiger partial charge is 0.496 e. The number of likely N-dealkylation sites (tertiary alicyclic amines) is 1. The molecule has 6 rings (SSSR count). The lowest BCUT2D eigenvalue weighted by atomic mass is 9.82. The molecule has 0 atom stereocenters. The highest BCUT2D eigenvalue weighted by atomic mass is 16.5. The highest BCUT2D eigenvalue weighted by Crippen LogP contribution is 2.42. The molecule has 0 radical (unpaired) electrons. The number of methoxy groups -OCH3 is 1. The number of aromatic nitrogens is 4. The number of carbonyl (C=O) groups is 2. The fourth-order valence-corrected chi connectivity index (χ4v) is 5.80. The summed E-state index contributed by atoms with van der Waals surface area (Å²) in [5.41, 5.74) is 3.96. The second-order valence-corrected chi connectivity index (χ2v) is 10.7. The van der Waals surface area contributed by atoms with Crippen LogP contribution in [-0.4, -0.2) is 68.6 Å². The van der Waals surface area contributed by atoms with Gasteiger partial charge in [0, 0.05) is 69.1 Å². The van der Waals surface area contributed by atoms with Gasteiger partial charge in [-0.05, 0) is 36.8 Å². The Morgan fingerprint density at radius 3 is 2.29 bits per heavy atom. The second-order valence-electron chi connectivity index (χ2n) is 10.7. The third-order valence-corrected chi connectivity index (χ3v) is 7.92. The molecule has 0 bridgehead atoms. The molecule has 1 fully saturated rings. The summed E-state index contributed by atoms with van der Waals surface area (Å²) in [4.78, 5) is 28.8. The molecule has 0 N–H and O–H groups in total. The minimum absolute atomic E-state index is 0.0637. The number of amides is 1. The van der Waals surface area contributed by atoms with E-state index in [1.54, 1.807) is 41.0 Å². The standard InChI is InChI=1S/C31H33N5O5/c1-5-40-28-14-21(13-27(39-4)29(28)23-17-33-35(3)19-23)30(38)36-10-8-31(9-11-36)15-25(37)24-12-20(6-7-26(24)41-31)22-16-32-34(2)18-22/h6-7,12-14,16-19H,5,8-11,15H2,1-4H3. The van der Waals surface area contributed by atoms with Crippen molar-refractivity contribution in [2.24, 2.45) is 14.1 Å². The summed E-state index contributed by atoms with van der Waals surface area (Å²) >= 11 is 0. The van der Waals surface area contributed by atoms with Gasteiger partial charge in [0.15, 0.2) is 5.78 Å². The van der Waals surface area contributed by atoms with Gasteiger partial charge in [-0.25, -0.2) is 0 Å². The molecule has 2 aliphatic rings. The number of benzene rings is 2. The number of carbonyl (C=O) groups excluding carboxylic acids is 2. The van der Waals surface area contributed by atoms with Crippen LogP contribution >= 0.6 is 0 Å². The molecule has 2 aliphatic heterocycles. The molecular formula is C31H33N5O5. The van der Waals surface area contributed by atoms with Gasteiger partial charge in [-0.15, -0.1) is 0 Å². The van der Waals surface area contributed by atoms with Crippen molar-refractivity contribution in [3.05, 3.63) is 66.2 Å². The molecule has 1 spiro atoms. The van der Waals surface area contributed by atoms with E-state index in [1.165, 1.54) is 0 Å². The summed E-state index contributed by atoms with van der Waals surface area (Å²) in [6.07, 6.45) is 8.76. The zero-order chi connectivity index (χ0) is 28.7. The van der Waals surface area contributed by atoms with Gasteiger partial charge in [0.05, 0.1) is 43.7 Å². The number of fused-ring (bicyclic) bond motifs is 1. The van der Waals surface area contributed by atoms with Crippen molar-refractivity contribution in [1.29, 1.82) is 0 Å². The highest BCUT2D eigenvalue weighted by Gasteiger charge is 2.44. The Bertz CT molecular complexity index is 1630. The minimum atomic E-state index is -0.616. The Labute approximate surface area is 238 Å². The van der Waals surface area contributed by atoms with Gasteiger partial charge < -0.3 is 19.1 Å². The quantitative estimate of drug-likeness (QED) is 0.344. The Balaban J connectivity index is 1.20. The number of nitrogens with zero attached hydrogens (tertiary/aromatic N) is 5. The fourth-order valence-electron chi connectivity index (χ4n) is 5.80. The van der Waals surface area contributed by atoms with Crippen LogP contribution < -0.4 is 14.2 Å². The van der Waals surface area contributed by atoms with Gasteiger partial charge in [-0.3, -0.25) is 19.0 Å². The van der Waals surface area contributed by atoms with Crippen molar-refractivity contribution in [3.63, 3.8) is 0 Å². The molecule has 4 heterocycles. The Hall–Kier alpha value is -4.60. The van der Waals surface area contributed by atoms with Crippen LogP contribution in [0.15, 0.2) is 55.1 Å². The molecule has 0 unspecified atom stereocenters. The number of piperidine rings is 1. The van der Waals surface area contributed by atoms with Crippen molar-refractivity contribution in [3.8, 4) is 39.5 Å². The van der Waals surface area contributed by atoms with Gasteiger partial charge in [-0.1, -0.05) is 6.07 Å². The van der Waals surface area contributed by atoms with E-state index in [9.17, 15) is 9.59 Å². The summed E-state index contributed by atoms with van der Waals surface area (Å²) in [6.45, 7) is 3.30. The van der Waals surface area contributed by atoms with Crippen molar-refractivity contribution in [2.75, 3.05) is 26.8 Å². The van der Waals surface area contributed by atoms with E-state index in [2.05, 4.69) is 10.2 Å². The van der Waals surface area contributed by atoms with Gasteiger partial charge in [0.25, 0.3) is 5.91 Å². The maximum atomic E-state index is 13.7. The van der Waals surface area contributed by atoms with Gasteiger partial charge in [0.2, 0.25) is 0 Å². The van der Waals surface area contributed by atoms with Gasteiger partial charge in [-0.2, -0.15) is 10.2 Å². The van der Waals surface area contributed by atoms with Crippen LogP contribution in [0.5, 0.6) is 17.2 Å². The van der Waals surface area contributed by atoms with E-state index in [1.807, 2.05) is 56.5 Å². The van der Waals surface area contributed by atoms with Crippen molar-refractivity contribution in [1.82, 2.24) is 24.5 Å². The number of ketones is 1. The minimum Gasteiger partial charge on any atom is -0.496 e. The molecule has 1 amide bonds. The lowest BCUT2D eigenvalue weighted by Gasteiger charge is -2.44. The SMILES string of the molecule is CCOc1cc(C(=O)N2CCC3(CC2)CC(=O)c2cc(-c4cnn(C)c4)ccc2O3)cc(OC)c1-c1cnn(C)c1. The van der Waals surface area contributed by atoms with E-state index in [0.29, 0.717) is 67.3 Å². The second kappa shape index (κ2) is 10.4. The number of hydrogen-bond acceptors (Lipinski definition) is 7. The molecule has 1 saturated heterocycles. The Morgan fingerprint density at radius 1 is 0.976 bits per heavy atom. The number of aryl methyl sites for hydroxylation is 2. The van der Waals surface area contributed by atoms with Crippen LogP contribution in [0.1, 0.15) is 46.9 Å². The van der Waals surface area contributed by atoms with Crippen molar-refractivity contribution >= 4 is 11.7 Å². The van der Waals surface area contributed by atoms with Crippen LogP contribution in [0, 0.1) is 0 Å². The zero-order valence-corrected chi connectivity index (χ0v) is 23.7. The average Bonchev–Trinajstić information content (AvgIpc) is 3.60. The molecule has 0 saturated carbocycles. The topological polar surface area (TPSA) is 101 Å². The first kappa shape index (κ1) is 26.6. The molecular weight excluding hydrogens is 522 g/mol. The van der Waals surface area contributed by atoms with Gasteiger partial charge >= 0.3 is 0 Å². The summed E-state index contributed by atoms with van der Waals surface area (Å²) in [5, 5.41) is 8.50. The molecule has 10 heteroatoms. The first-order chi connectivity index (χ1) is 19.8. The first-order valence-electron chi connectivity index (χ1n) is 13.8. The molecule has 212 valence electrons. The number of rotatable bonds is 6. The van der Waals surface area contributed by atoms with Crippen LogP contribution in [0.3, 0.4) is 0 Å². The third-order valence-electron chi connectivity index (χ3n) is 7.92. The molecule has 4 aromatic rings. The fraction of sp³-hybridized carbons (Fsp3) is 0.355. The van der Waals surface area contributed by atoms with Crippen LogP contribution in [0.4, 0.5) is 0 Å². The number of Topliss-reactive ketones (excluding diaryl/α,β-unsaturated/α-hetero) is 1. The monoisotopic (exact) mass is 555 g/mol. The zero-order valence-electron chi connectivity index (χ0n) is 23.7. The molecule has 10 nitrogen and oxygen atoms in total. The van der Waals surface area contributed by atoms with Gasteiger partial charge in [0.1, 0.15) is 22.8 Å². The summed E-state index contributed by atoms with van der Waals surface area (Å²) in [5.74, 6) is 1.67. The lowest BCUT2D eigenvalue weighted by Crippen LogP contribution is -2.52. The predicted octanol–water partition coefficient (Wildman–Crippen LogP) is 4.54. The highest BCUT2D eigenvalue weighted by molar-refractivity contribution is 6.01. The van der Waals surface area contributed by atoms with Crippen molar-refractivity contribution < 1.29 is 23.8 Å². The molecule has 0 aliphatic carbocycles. The average molecular weight is 556 g/mol. The van der Waals surface area contributed by atoms with E-state index < -0.39 is 5.60 Å². The Kier molecular flexibility index (Phi) is 6.76. The summed E-state index contributed by atoms with van der Waals surface area (Å²) in [7, 11) is 5.29. The van der Waals surface area contributed by atoms with E-state index in [0.717, 1.165) is 22.3 Å². The first-order valence-corrected chi connectivity index (χ1v) is 13.8. The Morgan fingerprint density at radius 2 is 1.66 bits per heavy atom. The summed E-state index contributed by atoms with van der Waals surface area (Å²) < 4.78 is 21.6. The third kappa shape index (κ3) is 4.94. The smallest absolute Gasteiger partial charge is 0.254 e. The summed E-state index contributed by atoms with van der Waals surface area (Å²) in [6, 6.07) is 9.25.